The molecule has 1 fully saturated rings. The summed E-state index contributed by atoms with van der Waals surface area (Å²) in [6, 6.07) is 7.74. The summed E-state index contributed by atoms with van der Waals surface area (Å²) in [7, 11) is 0. The molecule has 0 bridgehead atoms. The molecule has 0 saturated heterocycles. The molecule has 2 rings (SSSR count). The number of aliphatic hydroxyl groups excluding tert-OH is 1. The average molecular weight is 326 g/mol. The van der Waals surface area contributed by atoms with E-state index < -0.39 is 6.10 Å². The zero-order valence-electron chi connectivity index (χ0n) is 13.4. The lowest BCUT2D eigenvalue weighted by Gasteiger charge is -2.31. The van der Waals surface area contributed by atoms with Crippen molar-refractivity contribution in [1.82, 2.24) is 5.32 Å². The van der Waals surface area contributed by atoms with E-state index in [9.17, 15) is 5.11 Å². The fraction of sp³-hybridized carbons (Fsp3) is 0.667. The lowest BCUT2D eigenvalue weighted by Crippen LogP contribution is -2.42. The van der Waals surface area contributed by atoms with Crippen LogP contribution < -0.4 is 10.1 Å². The quantitative estimate of drug-likeness (QED) is 0.758. The van der Waals surface area contributed by atoms with Crippen molar-refractivity contribution < 1.29 is 9.84 Å². The first kappa shape index (κ1) is 17.6. The van der Waals surface area contributed by atoms with E-state index in [1.54, 1.807) is 12.1 Å². The first-order valence-corrected chi connectivity index (χ1v) is 8.86. The molecule has 2 N–H and O–H groups in total. The predicted molar refractivity (Wildman–Crippen MR) is 91.6 cm³/mol. The lowest BCUT2D eigenvalue weighted by atomic mass is 9.83. The predicted octanol–water partition coefficient (Wildman–Crippen LogP) is 4.03. The van der Waals surface area contributed by atoms with Crippen LogP contribution in [0.2, 0.25) is 5.02 Å². The van der Waals surface area contributed by atoms with Crippen molar-refractivity contribution in [3.8, 4) is 5.75 Å². The van der Waals surface area contributed by atoms with Crippen LogP contribution in [0.1, 0.15) is 45.4 Å². The van der Waals surface area contributed by atoms with Gasteiger partial charge in [0.15, 0.2) is 0 Å². The standard InChI is InChI=1S/C18H28ClNO2/c1-2-18(14-6-4-3-5-7-14)20-12-16(21)13-22-17-10-8-15(19)9-11-17/h8-11,14,16,18,20-21H,2-7,12-13H2,1H3. The molecule has 1 saturated carbocycles. The molecule has 1 aliphatic rings. The first-order valence-electron chi connectivity index (χ1n) is 8.49. The number of rotatable bonds is 8. The topological polar surface area (TPSA) is 41.5 Å². The van der Waals surface area contributed by atoms with Gasteiger partial charge in [0.25, 0.3) is 0 Å². The van der Waals surface area contributed by atoms with Gasteiger partial charge in [-0.1, -0.05) is 37.8 Å². The van der Waals surface area contributed by atoms with Crippen LogP contribution in [0.5, 0.6) is 5.75 Å². The second kappa shape index (κ2) is 9.39. The SMILES string of the molecule is CCC(NCC(O)COc1ccc(Cl)cc1)C1CCCCC1. The third-order valence-electron chi connectivity index (χ3n) is 4.53. The molecule has 124 valence electrons. The average Bonchev–Trinajstić information content (AvgIpc) is 2.56. The van der Waals surface area contributed by atoms with Gasteiger partial charge in [0.1, 0.15) is 18.5 Å². The fourth-order valence-corrected chi connectivity index (χ4v) is 3.38. The Balaban J connectivity index is 1.69. The van der Waals surface area contributed by atoms with Gasteiger partial charge in [-0.05, 0) is 49.4 Å². The van der Waals surface area contributed by atoms with Gasteiger partial charge >= 0.3 is 0 Å². The summed E-state index contributed by atoms with van der Waals surface area (Å²) in [6.07, 6.45) is 7.36. The highest BCUT2D eigenvalue weighted by Crippen LogP contribution is 2.27. The Morgan fingerprint density at radius 2 is 1.91 bits per heavy atom. The monoisotopic (exact) mass is 325 g/mol. The maximum Gasteiger partial charge on any atom is 0.119 e. The highest BCUT2D eigenvalue weighted by Gasteiger charge is 2.22. The number of ether oxygens (including phenoxy) is 1. The Bertz CT molecular complexity index is 418. The Morgan fingerprint density at radius 1 is 1.23 bits per heavy atom. The zero-order valence-corrected chi connectivity index (χ0v) is 14.2. The van der Waals surface area contributed by atoms with Crippen LogP contribution in [0.4, 0.5) is 0 Å². The molecule has 0 radical (unpaired) electrons. The summed E-state index contributed by atoms with van der Waals surface area (Å²) in [6.45, 7) is 3.11. The summed E-state index contributed by atoms with van der Waals surface area (Å²) in [4.78, 5) is 0. The van der Waals surface area contributed by atoms with E-state index in [2.05, 4.69) is 12.2 Å². The molecule has 1 aliphatic carbocycles. The van der Waals surface area contributed by atoms with E-state index in [4.69, 9.17) is 16.3 Å². The molecule has 0 spiro atoms. The highest BCUT2D eigenvalue weighted by molar-refractivity contribution is 6.30. The van der Waals surface area contributed by atoms with Crippen LogP contribution in [-0.2, 0) is 0 Å². The van der Waals surface area contributed by atoms with Gasteiger partial charge in [-0.2, -0.15) is 0 Å². The molecule has 0 aliphatic heterocycles. The van der Waals surface area contributed by atoms with Crippen LogP contribution in [0.25, 0.3) is 0 Å². The number of hydrogen-bond donors (Lipinski definition) is 2. The number of nitrogens with one attached hydrogen (secondary N) is 1. The molecule has 3 nitrogen and oxygen atoms in total. The van der Waals surface area contributed by atoms with Crippen LogP contribution in [0.15, 0.2) is 24.3 Å². The third kappa shape index (κ3) is 5.79. The summed E-state index contributed by atoms with van der Waals surface area (Å²) in [5.74, 6) is 1.51. The molecular weight excluding hydrogens is 298 g/mol. The smallest absolute Gasteiger partial charge is 0.119 e. The van der Waals surface area contributed by atoms with Gasteiger partial charge in [-0.25, -0.2) is 0 Å². The van der Waals surface area contributed by atoms with Crippen LogP contribution >= 0.6 is 11.6 Å². The fourth-order valence-electron chi connectivity index (χ4n) is 3.25. The number of halogens is 1. The van der Waals surface area contributed by atoms with Crippen molar-refractivity contribution in [3.63, 3.8) is 0 Å². The van der Waals surface area contributed by atoms with E-state index in [0.717, 1.165) is 18.1 Å². The maximum atomic E-state index is 10.1. The third-order valence-corrected chi connectivity index (χ3v) is 4.78. The lowest BCUT2D eigenvalue weighted by molar-refractivity contribution is 0.0986. The number of benzene rings is 1. The number of hydrogen-bond acceptors (Lipinski definition) is 3. The van der Waals surface area contributed by atoms with Crippen molar-refractivity contribution in [2.45, 2.75) is 57.6 Å². The van der Waals surface area contributed by atoms with Crippen molar-refractivity contribution in [1.29, 1.82) is 0 Å². The van der Waals surface area contributed by atoms with Crippen molar-refractivity contribution >= 4 is 11.6 Å². The van der Waals surface area contributed by atoms with E-state index in [1.165, 1.54) is 32.1 Å². The normalized spacial score (nSPS) is 18.9. The van der Waals surface area contributed by atoms with Gasteiger partial charge in [0, 0.05) is 17.6 Å². The van der Waals surface area contributed by atoms with Gasteiger partial charge < -0.3 is 15.2 Å². The summed E-state index contributed by atoms with van der Waals surface area (Å²) in [5.41, 5.74) is 0. The zero-order chi connectivity index (χ0) is 15.8. The molecular formula is C18H28ClNO2. The molecule has 4 heteroatoms. The van der Waals surface area contributed by atoms with Crippen LogP contribution in [-0.4, -0.2) is 30.4 Å². The second-order valence-electron chi connectivity index (χ2n) is 6.24. The van der Waals surface area contributed by atoms with Crippen molar-refractivity contribution in [3.05, 3.63) is 29.3 Å². The van der Waals surface area contributed by atoms with Crippen molar-refractivity contribution in [2.75, 3.05) is 13.2 Å². The minimum absolute atomic E-state index is 0.301. The molecule has 2 atom stereocenters. The molecule has 1 aromatic rings. The molecule has 1 aromatic carbocycles. The number of aliphatic hydroxyl groups is 1. The van der Waals surface area contributed by atoms with Gasteiger partial charge in [-0.3, -0.25) is 0 Å². The van der Waals surface area contributed by atoms with Gasteiger partial charge in [0.05, 0.1) is 0 Å². The highest BCUT2D eigenvalue weighted by atomic mass is 35.5. The van der Waals surface area contributed by atoms with Crippen LogP contribution in [0.3, 0.4) is 0 Å². The molecule has 0 amide bonds. The van der Waals surface area contributed by atoms with Crippen molar-refractivity contribution in [2.24, 2.45) is 5.92 Å². The summed E-state index contributed by atoms with van der Waals surface area (Å²) < 4.78 is 5.59. The van der Waals surface area contributed by atoms with Crippen LogP contribution in [0, 0.1) is 5.92 Å². The van der Waals surface area contributed by atoms with E-state index in [0.29, 0.717) is 24.2 Å². The Kier molecular flexibility index (Phi) is 7.50. The summed E-state index contributed by atoms with van der Waals surface area (Å²) >= 11 is 5.83. The Morgan fingerprint density at radius 3 is 2.55 bits per heavy atom. The largest absolute Gasteiger partial charge is 0.491 e. The Hall–Kier alpha value is -0.770. The van der Waals surface area contributed by atoms with Gasteiger partial charge in [0.2, 0.25) is 0 Å². The van der Waals surface area contributed by atoms with E-state index >= 15 is 0 Å². The van der Waals surface area contributed by atoms with Gasteiger partial charge in [-0.15, -0.1) is 0 Å². The molecule has 2 unspecified atom stereocenters. The Labute approximate surface area is 139 Å². The maximum absolute atomic E-state index is 10.1. The first-order chi connectivity index (χ1) is 10.7. The summed E-state index contributed by atoms with van der Waals surface area (Å²) in [5, 5.41) is 14.3. The minimum Gasteiger partial charge on any atom is -0.491 e. The van der Waals surface area contributed by atoms with E-state index in [1.807, 2.05) is 12.1 Å². The molecule has 0 aromatic heterocycles. The molecule has 0 heterocycles. The van der Waals surface area contributed by atoms with E-state index in [-0.39, 0.29) is 0 Å². The second-order valence-corrected chi connectivity index (χ2v) is 6.68. The molecule has 22 heavy (non-hydrogen) atoms. The minimum atomic E-state index is -0.492.